The molecule has 2 nitrogen and oxygen atoms in total. The highest BCUT2D eigenvalue weighted by Crippen LogP contribution is 2.27. The summed E-state index contributed by atoms with van der Waals surface area (Å²) in [7, 11) is 0. The van der Waals surface area contributed by atoms with Crippen molar-refractivity contribution in [3.8, 4) is 11.3 Å². The van der Waals surface area contributed by atoms with Gasteiger partial charge in [0, 0.05) is 16.1 Å². The average Bonchev–Trinajstić information content (AvgIpc) is 2.78. The fourth-order valence-corrected chi connectivity index (χ4v) is 1.91. The van der Waals surface area contributed by atoms with E-state index in [9.17, 15) is 0 Å². The van der Waals surface area contributed by atoms with Crippen LogP contribution in [0.25, 0.3) is 11.3 Å². The summed E-state index contributed by atoms with van der Waals surface area (Å²) < 4.78 is 5.84. The Bertz CT molecular complexity index is 566. The van der Waals surface area contributed by atoms with Gasteiger partial charge in [0.25, 0.3) is 0 Å². The molecule has 0 bridgehead atoms. The summed E-state index contributed by atoms with van der Waals surface area (Å²) in [6.45, 7) is 9.12. The molecule has 0 spiro atoms. The van der Waals surface area contributed by atoms with Crippen molar-refractivity contribution in [2.75, 3.05) is 0 Å². The lowest BCUT2D eigenvalue weighted by Gasteiger charge is -2.19. The molecule has 0 aliphatic carbocycles. The number of benzene rings is 1. The van der Waals surface area contributed by atoms with Gasteiger partial charge < -0.3 is 9.73 Å². The maximum Gasteiger partial charge on any atom is 0.134 e. The smallest absolute Gasteiger partial charge is 0.134 e. The standard InChI is InChI=1S/C16H20ClNO/c1-11-5-6-12(9-14(11)17)15-8-7-13(19-15)10-18-16(2,3)4/h5-9,18H,10H2,1-4H3. The summed E-state index contributed by atoms with van der Waals surface area (Å²) in [4.78, 5) is 0. The van der Waals surface area contributed by atoms with Crippen LogP contribution in [0, 0.1) is 6.92 Å². The third-order valence-corrected chi connectivity index (χ3v) is 3.32. The Morgan fingerprint density at radius 1 is 1.16 bits per heavy atom. The zero-order valence-electron chi connectivity index (χ0n) is 11.9. The molecule has 0 amide bonds. The van der Waals surface area contributed by atoms with E-state index in [1.807, 2.05) is 37.3 Å². The van der Waals surface area contributed by atoms with E-state index in [1.165, 1.54) is 0 Å². The molecule has 0 radical (unpaired) electrons. The minimum absolute atomic E-state index is 0.0835. The predicted molar refractivity (Wildman–Crippen MR) is 80.5 cm³/mol. The molecule has 1 heterocycles. The van der Waals surface area contributed by atoms with Gasteiger partial charge in [-0.05, 0) is 51.5 Å². The molecule has 0 saturated heterocycles. The van der Waals surface area contributed by atoms with Crippen LogP contribution in [-0.2, 0) is 6.54 Å². The molecule has 1 aromatic carbocycles. The topological polar surface area (TPSA) is 25.2 Å². The third kappa shape index (κ3) is 3.85. The summed E-state index contributed by atoms with van der Waals surface area (Å²) in [5, 5.41) is 4.17. The number of halogens is 1. The van der Waals surface area contributed by atoms with Crippen LogP contribution in [0.15, 0.2) is 34.7 Å². The lowest BCUT2D eigenvalue weighted by molar-refractivity contribution is 0.391. The molecule has 0 saturated carbocycles. The number of hydrogen-bond acceptors (Lipinski definition) is 2. The average molecular weight is 278 g/mol. The van der Waals surface area contributed by atoms with Gasteiger partial charge in [0.2, 0.25) is 0 Å². The predicted octanol–water partition coefficient (Wildman–Crippen LogP) is 4.80. The van der Waals surface area contributed by atoms with Crippen molar-refractivity contribution in [2.24, 2.45) is 0 Å². The van der Waals surface area contributed by atoms with Gasteiger partial charge in [-0.25, -0.2) is 0 Å². The van der Waals surface area contributed by atoms with Crippen molar-refractivity contribution in [2.45, 2.75) is 39.8 Å². The quantitative estimate of drug-likeness (QED) is 0.872. The van der Waals surface area contributed by atoms with Crippen molar-refractivity contribution >= 4 is 11.6 Å². The fraction of sp³-hybridized carbons (Fsp3) is 0.375. The van der Waals surface area contributed by atoms with Crippen LogP contribution < -0.4 is 5.32 Å². The first-order valence-corrected chi connectivity index (χ1v) is 6.83. The van der Waals surface area contributed by atoms with Gasteiger partial charge in [-0.1, -0.05) is 23.7 Å². The Balaban J connectivity index is 2.14. The van der Waals surface area contributed by atoms with Gasteiger partial charge in [0.05, 0.1) is 6.54 Å². The van der Waals surface area contributed by atoms with E-state index in [0.29, 0.717) is 0 Å². The van der Waals surface area contributed by atoms with Crippen molar-refractivity contribution in [3.05, 3.63) is 46.7 Å². The van der Waals surface area contributed by atoms with Crippen LogP contribution >= 0.6 is 11.6 Å². The molecule has 2 rings (SSSR count). The van der Waals surface area contributed by atoms with Crippen molar-refractivity contribution in [1.82, 2.24) is 5.32 Å². The van der Waals surface area contributed by atoms with Gasteiger partial charge in [0.15, 0.2) is 0 Å². The molecule has 1 aromatic heterocycles. The van der Waals surface area contributed by atoms with Crippen LogP contribution in [0.2, 0.25) is 5.02 Å². The highest BCUT2D eigenvalue weighted by Gasteiger charge is 2.11. The summed E-state index contributed by atoms with van der Waals surface area (Å²) >= 11 is 6.14. The summed E-state index contributed by atoms with van der Waals surface area (Å²) in [5.41, 5.74) is 2.17. The van der Waals surface area contributed by atoms with Crippen LogP contribution in [0.3, 0.4) is 0 Å². The molecule has 0 fully saturated rings. The zero-order valence-corrected chi connectivity index (χ0v) is 12.6. The van der Waals surface area contributed by atoms with Crippen LogP contribution in [0.5, 0.6) is 0 Å². The van der Waals surface area contributed by atoms with Crippen molar-refractivity contribution in [1.29, 1.82) is 0 Å². The SMILES string of the molecule is Cc1ccc(-c2ccc(CNC(C)(C)C)o2)cc1Cl. The Labute approximate surface area is 119 Å². The Hall–Kier alpha value is -1.25. The molecule has 0 aliphatic rings. The van der Waals surface area contributed by atoms with E-state index in [2.05, 4.69) is 26.1 Å². The normalized spacial score (nSPS) is 11.8. The molecule has 3 heteroatoms. The largest absolute Gasteiger partial charge is 0.460 e. The second-order valence-corrected chi connectivity index (χ2v) is 6.24. The van der Waals surface area contributed by atoms with E-state index >= 15 is 0 Å². The number of furan rings is 1. The first-order chi connectivity index (χ1) is 8.85. The van der Waals surface area contributed by atoms with E-state index < -0.39 is 0 Å². The Morgan fingerprint density at radius 3 is 2.53 bits per heavy atom. The maximum atomic E-state index is 6.14. The lowest BCUT2D eigenvalue weighted by atomic mass is 10.1. The van der Waals surface area contributed by atoms with Gasteiger partial charge in [-0.15, -0.1) is 0 Å². The molecule has 0 unspecified atom stereocenters. The van der Waals surface area contributed by atoms with Gasteiger partial charge >= 0.3 is 0 Å². The number of nitrogens with one attached hydrogen (secondary N) is 1. The van der Waals surface area contributed by atoms with Crippen LogP contribution in [-0.4, -0.2) is 5.54 Å². The molecule has 2 aromatic rings. The monoisotopic (exact) mass is 277 g/mol. The molecule has 0 atom stereocenters. The van der Waals surface area contributed by atoms with Crippen molar-refractivity contribution in [3.63, 3.8) is 0 Å². The highest BCUT2D eigenvalue weighted by molar-refractivity contribution is 6.31. The Morgan fingerprint density at radius 2 is 1.89 bits per heavy atom. The minimum atomic E-state index is 0.0835. The van der Waals surface area contributed by atoms with Crippen molar-refractivity contribution < 1.29 is 4.42 Å². The van der Waals surface area contributed by atoms with E-state index in [0.717, 1.165) is 34.2 Å². The first kappa shape index (κ1) is 14.2. The molecule has 0 aliphatic heterocycles. The fourth-order valence-electron chi connectivity index (χ4n) is 1.73. The summed E-state index contributed by atoms with van der Waals surface area (Å²) in [5.74, 6) is 1.79. The summed E-state index contributed by atoms with van der Waals surface area (Å²) in [6.07, 6.45) is 0. The number of aryl methyl sites for hydroxylation is 1. The molecule has 102 valence electrons. The maximum absolute atomic E-state index is 6.14. The second-order valence-electron chi connectivity index (χ2n) is 5.83. The van der Waals surface area contributed by atoms with Crippen LogP contribution in [0.4, 0.5) is 0 Å². The summed E-state index contributed by atoms with van der Waals surface area (Å²) in [6, 6.07) is 9.97. The van der Waals surface area contributed by atoms with E-state index in [4.69, 9.17) is 16.0 Å². The first-order valence-electron chi connectivity index (χ1n) is 6.45. The molecule has 1 N–H and O–H groups in total. The molecular weight excluding hydrogens is 258 g/mol. The highest BCUT2D eigenvalue weighted by atomic mass is 35.5. The molecule has 19 heavy (non-hydrogen) atoms. The number of rotatable bonds is 3. The third-order valence-electron chi connectivity index (χ3n) is 2.91. The van der Waals surface area contributed by atoms with E-state index in [-0.39, 0.29) is 5.54 Å². The van der Waals surface area contributed by atoms with Crippen LogP contribution in [0.1, 0.15) is 32.1 Å². The Kier molecular flexibility index (Phi) is 4.02. The van der Waals surface area contributed by atoms with Gasteiger partial charge in [-0.3, -0.25) is 0 Å². The molecular formula is C16H20ClNO. The minimum Gasteiger partial charge on any atom is -0.460 e. The lowest BCUT2D eigenvalue weighted by Crippen LogP contribution is -2.34. The number of hydrogen-bond donors (Lipinski definition) is 1. The second kappa shape index (κ2) is 5.40. The zero-order chi connectivity index (χ0) is 14.0. The van der Waals surface area contributed by atoms with Gasteiger partial charge in [-0.2, -0.15) is 0 Å². The van der Waals surface area contributed by atoms with Gasteiger partial charge in [0.1, 0.15) is 11.5 Å². The van der Waals surface area contributed by atoms with E-state index in [1.54, 1.807) is 0 Å².